The van der Waals surface area contributed by atoms with Gasteiger partial charge in [0.15, 0.2) is 0 Å². The molecule has 1 unspecified atom stereocenters. The van der Waals surface area contributed by atoms with Crippen LogP contribution in [0.1, 0.15) is 19.3 Å². The van der Waals surface area contributed by atoms with Gasteiger partial charge in [-0.2, -0.15) is 5.26 Å². The Morgan fingerprint density at radius 1 is 1.25 bits per heavy atom. The van der Waals surface area contributed by atoms with E-state index in [9.17, 15) is 5.11 Å². The fourth-order valence-electron chi connectivity index (χ4n) is 2.40. The standard InChI is InChI=1S/C9H14N2O/c10-7-8(12)9-1-4-11(5-2-9)6-3-9/h8,12H,1-6H2. The van der Waals surface area contributed by atoms with E-state index in [2.05, 4.69) is 4.90 Å². The number of rotatable bonds is 1. The summed E-state index contributed by atoms with van der Waals surface area (Å²) in [5, 5.41) is 18.3. The molecular formula is C9H14N2O. The minimum Gasteiger partial charge on any atom is -0.378 e. The predicted molar refractivity (Wildman–Crippen MR) is 44.3 cm³/mol. The van der Waals surface area contributed by atoms with Crippen LogP contribution in [0.15, 0.2) is 0 Å². The van der Waals surface area contributed by atoms with Crippen molar-refractivity contribution in [2.24, 2.45) is 5.41 Å². The average Bonchev–Trinajstić information content (AvgIpc) is 2.19. The summed E-state index contributed by atoms with van der Waals surface area (Å²) in [5.41, 5.74) is -0.0521. The Bertz CT molecular complexity index is 199. The lowest BCUT2D eigenvalue weighted by molar-refractivity contribution is -0.0446. The van der Waals surface area contributed by atoms with Crippen molar-refractivity contribution in [2.75, 3.05) is 19.6 Å². The van der Waals surface area contributed by atoms with Gasteiger partial charge < -0.3 is 10.0 Å². The Morgan fingerprint density at radius 3 is 2.17 bits per heavy atom. The summed E-state index contributed by atoms with van der Waals surface area (Å²) in [6.45, 7) is 3.20. The van der Waals surface area contributed by atoms with Crippen molar-refractivity contribution in [3.05, 3.63) is 0 Å². The summed E-state index contributed by atoms with van der Waals surface area (Å²) >= 11 is 0. The summed E-state index contributed by atoms with van der Waals surface area (Å²) in [6.07, 6.45) is 2.27. The maximum atomic E-state index is 9.58. The van der Waals surface area contributed by atoms with Crippen molar-refractivity contribution in [1.82, 2.24) is 4.90 Å². The summed E-state index contributed by atoms with van der Waals surface area (Å²) in [4.78, 5) is 2.41. The van der Waals surface area contributed by atoms with E-state index in [4.69, 9.17) is 5.26 Å². The highest BCUT2D eigenvalue weighted by molar-refractivity contribution is 5.04. The molecule has 12 heavy (non-hydrogen) atoms. The van der Waals surface area contributed by atoms with Crippen molar-refractivity contribution >= 4 is 0 Å². The zero-order valence-corrected chi connectivity index (χ0v) is 7.16. The van der Waals surface area contributed by atoms with Gasteiger partial charge in [-0.05, 0) is 38.9 Å². The number of aliphatic hydroxyl groups excluding tert-OH is 1. The number of hydrogen-bond acceptors (Lipinski definition) is 3. The smallest absolute Gasteiger partial charge is 0.146 e. The first-order chi connectivity index (χ1) is 5.77. The van der Waals surface area contributed by atoms with Crippen molar-refractivity contribution in [1.29, 1.82) is 5.26 Å². The molecule has 66 valence electrons. The van der Waals surface area contributed by atoms with Crippen LogP contribution in [-0.4, -0.2) is 35.7 Å². The topological polar surface area (TPSA) is 47.3 Å². The number of nitriles is 1. The quantitative estimate of drug-likeness (QED) is 0.572. The molecule has 0 radical (unpaired) electrons. The third-order valence-corrected chi connectivity index (χ3v) is 3.48. The first-order valence-corrected chi connectivity index (χ1v) is 4.57. The molecule has 2 bridgehead atoms. The normalized spacial score (nSPS) is 42.2. The van der Waals surface area contributed by atoms with Crippen LogP contribution in [0.3, 0.4) is 0 Å². The molecule has 0 amide bonds. The summed E-state index contributed by atoms with van der Waals surface area (Å²) < 4.78 is 0. The lowest BCUT2D eigenvalue weighted by Gasteiger charge is -2.49. The van der Waals surface area contributed by atoms with E-state index in [1.807, 2.05) is 6.07 Å². The molecule has 1 N–H and O–H groups in total. The van der Waals surface area contributed by atoms with Crippen molar-refractivity contribution in [3.63, 3.8) is 0 Å². The molecule has 3 fully saturated rings. The van der Waals surface area contributed by atoms with E-state index in [-0.39, 0.29) is 5.41 Å². The van der Waals surface area contributed by atoms with Crippen LogP contribution in [0, 0.1) is 16.7 Å². The fourth-order valence-corrected chi connectivity index (χ4v) is 2.40. The first kappa shape index (κ1) is 8.03. The van der Waals surface area contributed by atoms with Gasteiger partial charge in [0.25, 0.3) is 0 Å². The molecule has 0 aliphatic carbocycles. The highest BCUT2D eigenvalue weighted by atomic mass is 16.3. The van der Waals surface area contributed by atoms with Gasteiger partial charge in [0, 0.05) is 5.41 Å². The Morgan fingerprint density at radius 2 is 1.75 bits per heavy atom. The molecule has 3 nitrogen and oxygen atoms in total. The summed E-state index contributed by atoms with van der Waals surface area (Å²) in [5.74, 6) is 0. The molecule has 3 rings (SSSR count). The van der Waals surface area contributed by atoms with Crippen LogP contribution in [0.4, 0.5) is 0 Å². The Kier molecular flexibility index (Phi) is 1.82. The van der Waals surface area contributed by atoms with Crippen LogP contribution < -0.4 is 0 Å². The second-order valence-corrected chi connectivity index (χ2v) is 3.99. The van der Waals surface area contributed by atoms with Gasteiger partial charge in [0.1, 0.15) is 6.10 Å². The molecule has 0 aromatic carbocycles. The van der Waals surface area contributed by atoms with Crippen LogP contribution in [0.25, 0.3) is 0 Å². The average molecular weight is 166 g/mol. The van der Waals surface area contributed by atoms with Crippen LogP contribution in [-0.2, 0) is 0 Å². The Labute approximate surface area is 72.6 Å². The number of nitrogens with zero attached hydrogens (tertiary/aromatic N) is 2. The molecule has 3 saturated heterocycles. The number of fused-ring (bicyclic) bond motifs is 3. The van der Waals surface area contributed by atoms with E-state index >= 15 is 0 Å². The molecule has 0 saturated carbocycles. The predicted octanol–water partition coefficient (Wildman–Crippen LogP) is 0.357. The number of piperidine rings is 3. The van der Waals surface area contributed by atoms with Gasteiger partial charge in [-0.25, -0.2) is 0 Å². The first-order valence-electron chi connectivity index (χ1n) is 4.57. The molecule has 1 atom stereocenters. The number of hydrogen-bond donors (Lipinski definition) is 1. The van der Waals surface area contributed by atoms with Gasteiger partial charge in [-0.1, -0.05) is 0 Å². The van der Waals surface area contributed by atoms with E-state index in [0.29, 0.717) is 0 Å². The monoisotopic (exact) mass is 166 g/mol. The largest absolute Gasteiger partial charge is 0.378 e. The third-order valence-electron chi connectivity index (χ3n) is 3.48. The van der Waals surface area contributed by atoms with Gasteiger partial charge in [0.05, 0.1) is 6.07 Å². The fraction of sp³-hybridized carbons (Fsp3) is 0.889. The molecule has 3 aliphatic heterocycles. The van der Waals surface area contributed by atoms with Crippen molar-refractivity contribution in [3.8, 4) is 6.07 Å². The van der Waals surface area contributed by atoms with Crippen molar-refractivity contribution < 1.29 is 5.11 Å². The second-order valence-electron chi connectivity index (χ2n) is 3.99. The Hall–Kier alpha value is -0.590. The molecular weight excluding hydrogens is 152 g/mol. The summed E-state index contributed by atoms with van der Waals surface area (Å²) in [7, 11) is 0. The van der Waals surface area contributed by atoms with Crippen LogP contribution in [0.5, 0.6) is 0 Å². The Balaban J connectivity index is 2.14. The molecule has 0 aromatic rings. The van der Waals surface area contributed by atoms with Gasteiger partial charge in [-0.15, -0.1) is 0 Å². The van der Waals surface area contributed by atoms with Crippen molar-refractivity contribution in [2.45, 2.75) is 25.4 Å². The van der Waals surface area contributed by atoms with Gasteiger partial charge in [0.2, 0.25) is 0 Å². The van der Waals surface area contributed by atoms with E-state index < -0.39 is 6.10 Å². The van der Waals surface area contributed by atoms with Gasteiger partial charge >= 0.3 is 0 Å². The van der Waals surface area contributed by atoms with E-state index in [0.717, 1.165) is 38.9 Å². The van der Waals surface area contributed by atoms with Crippen LogP contribution in [0.2, 0.25) is 0 Å². The molecule has 3 heterocycles. The van der Waals surface area contributed by atoms with E-state index in [1.54, 1.807) is 0 Å². The lowest BCUT2D eigenvalue weighted by atomic mass is 9.68. The molecule has 0 spiro atoms. The molecule has 3 aliphatic rings. The minimum absolute atomic E-state index is 0.0521. The number of aliphatic hydroxyl groups is 1. The SMILES string of the molecule is N#CC(O)C12CCN(CC1)CC2. The highest BCUT2D eigenvalue weighted by Gasteiger charge is 2.44. The zero-order valence-electron chi connectivity index (χ0n) is 7.16. The van der Waals surface area contributed by atoms with Crippen LogP contribution >= 0.6 is 0 Å². The second kappa shape index (κ2) is 2.72. The van der Waals surface area contributed by atoms with E-state index in [1.165, 1.54) is 0 Å². The highest BCUT2D eigenvalue weighted by Crippen LogP contribution is 2.42. The maximum absolute atomic E-state index is 9.58. The zero-order chi connectivity index (χ0) is 8.60. The minimum atomic E-state index is -0.736. The molecule has 0 aromatic heterocycles. The third kappa shape index (κ3) is 1.03. The lowest BCUT2D eigenvalue weighted by Crippen LogP contribution is -2.52. The molecule has 3 heteroatoms. The summed E-state index contributed by atoms with van der Waals surface area (Å²) in [6, 6.07) is 1.99. The maximum Gasteiger partial charge on any atom is 0.146 e. The van der Waals surface area contributed by atoms with Gasteiger partial charge in [-0.3, -0.25) is 0 Å².